The molecule has 1 saturated heterocycles. The van der Waals surface area contributed by atoms with Gasteiger partial charge in [0.1, 0.15) is 5.82 Å². The van der Waals surface area contributed by atoms with Crippen molar-refractivity contribution in [2.24, 2.45) is 0 Å². The lowest BCUT2D eigenvalue weighted by molar-refractivity contribution is 0.787. The lowest BCUT2D eigenvalue weighted by Gasteiger charge is -2.19. The molecular formula is C19H22N6. The van der Waals surface area contributed by atoms with Gasteiger partial charge < -0.3 is 10.2 Å². The molecular weight excluding hydrogens is 312 g/mol. The van der Waals surface area contributed by atoms with E-state index in [1.807, 2.05) is 36.9 Å². The van der Waals surface area contributed by atoms with Gasteiger partial charge in [0.25, 0.3) is 0 Å². The summed E-state index contributed by atoms with van der Waals surface area (Å²) in [6.45, 7) is 5.91. The second kappa shape index (κ2) is 6.55. The Morgan fingerprint density at radius 1 is 1.08 bits per heavy atom. The van der Waals surface area contributed by atoms with Crippen LogP contribution in [0, 0.1) is 13.8 Å². The van der Waals surface area contributed by atoms with E-state index in [1.165, 1.54) is 0 Å². The van der Waals surface area contributed by atoms with Crippen LogP contribution in [0.25, 0.3) is 5.82 Å². The number of benzene rings is 1. The summed E-state index contributed by atoms with van der Waals surface area (Å²) in [5.41, 5.74) is 3.21. The van der Waals surface area contributed by atoms with Gasteiger partial charge in [-0.15, -0.1) is 0 Å². The highest BCUT2D eigenvalue weighted by molar-refractivity contribution is 5.47. The minimum Gasteiger partial charge on any atom is -0.380 e. The highest BCUT2D eigenvalue weighted by Gasteiger charge is 2.24. The third-order valence-electron chi connectivity index (χ3n) is 4.49. The molecule has 6 heteroatoms. The molecule has 4 rings (SSSR count). The maximum absolute atomic E-state index is 4.78. The van der Waals surface area contributed by atoms with Gasteiger partial charge in [0.05, 0.1) is 18.1 Å². The van der Waals surface area contributed by atoms with E-state index in [2.05, 4.69) is 44.6 Å². The molecule has 1 fully saturated rings. The largest absolute Gasteiger partial charge is 0.380 e. The third kappa shape index (κ3) is 3.33. The molecule has 0 aliphatic carbocycles. The molecule has 25 heavy (non-hydrogen) atoms. The molecule has 128 valence electrons. The smallest absolute Gasteiger partial charge is 0.174 e. The maximum atomic E-state index is 4.78. The number of para-hydroxylation sites is 1. The minimum atomic E-state index is 0.418. The van der Waals surface area contributed by atoms with Crippen molar-refractivity contribution in [3.63, 3.8) is 0 Å². The van der Waals surface area contributed by atoms with Crippen molar-refractivity contribution in [2.75, 3.05) is 23.3 Å². The Hall–Kier alpha value is -2.89. The van der Waals surface area contributed by atoms with Crippen molar-refractivity contribution in [2.45, 2.75) is 26.3 Å². The Morgan fingerprint density at radius 3 is 2.64 bits per heavy atom. The fourth-order valence-electron chi connectivity index (χ4n) is 3.32. The van der Waals surface area contributed by atoms with Gasteiger partial charge in [-0.05, 0) is 38.5 Å². The van der Waals surface area contributed by atoms with Gasteiger partial charge in [-0.1, -0.05) is 18.2 Å². The van der Waals surface area contributed by atoms with E-state index in [1.54, 1.807) is 6.20 Å². The second-order valence-electron chi connectivity index (χ2n) is 6.52. The van der Waals surface area contributed by atoms with Gasteiger partial charge in [-0.3, -0.25) is 4.98 Å². The number of anilines is 2. The van der Waals surface area contributed by atoms with E-state index in [-0.39, 0.29) is 0 Å². The van der Waals surface area contributed by atoms with Crippen LogP contribution >= 0.6 is 0 Å². The number of rotatable bonds is 4. The van der Waals surface area contributed by atoms with Gasteiger partial charge in [0.2, 0.25) is 0 Å². The zero-order valence-corrected chi connectivity index (χ0v) is 14.6. The maximum Gasteiger partial charge on any atom is 0.174 e. The summed E-state index contributed by atoms with van der Waals surface area (Å²) in [5.74, 6) is 1.67. The first-order valence-corrected chi connectivity index (χ1v) is 8.61. The molecule has 1 aromatic carbocycles. The molecule has 0 bridgehead atoms. The van der Waals surface area contributed by atoms with Crippen LogP contribution in [0.15, 0.2) is 48.8 Å². The zero-order chi connectivity index (χ0) is 17.2. The Labute approximate surface area is 147 Å². The van der Waals surface area contributed by atoms with E-state index in [9.17, 15) is 0 Å². The first kappa shape index (κ1) is 15.6. The van der Waals surface area contributed by atoms with Crippen molar-refractivity contribution < 1.29 is 0 Å². The summed E-state index contributed by atoms with van der Waals surface area (Å²) in [6.07, 6.45) is 4.68. The first-order chi connectivity index (χ1) is 12.2. The van der Waals surface area contributed by atoms with Gasteiger partial charge in [-0.2, -0.15) is 5.10 Å². The number of nitrogens with one attached hydrogen (secondary N) is 1. The van der Waals surface area contributed by atoms with Crippen molar-refractivity contribution >= 4 is 11.5 Å². The van der Waals surface area contributed by atoms with Crippen LogP contribution in [-0.4, -0.2) is 38.9 Å². The van der Waals surface area contributed by atoms with Gasteiger partial charge >= 0.3 is 0 Å². The van der Waals surface area contributed by atoms with Gasteiger partial charge in [0, 0.05) is 30.5 Å². The Balaban J connectivity index is 1.49. The van der Waals surface area contributed by atoms with E-state index in [4.69, 9.17) is 4.98 Å². The molecule has 2 aromatic heterocycles. The third-order valence-corrected chi connectivity index (χ3v) is 4.49. The molecule has 1 aliphatic heterocycles. The molecule has 0 radical (unpaired) electrons. The summed E-state index contributed by atoms with van der Waals surface area (Å²) in [7, 11) is 0. The Bertz CT molecular complexity index is 857. The quantitative estimate of drug-likeness (QED) is 0.795. The Morgan fingerprint density at radius 2 is 1.88 bits per heavy atom. The summed E-state index contributed by atoms with van der Waals surface area (Å²) in [5, 5.41) is 8.09. The minimum absolute atomic E-state index is 0.418. The highest BCUT2D eigenvalue weighted by Crippen LogP contribution is 2.21. The van der Waals surface area contributed by atoms with Crippen LogP contribution in [0.5, 0.6) is 0 Å². The molecule has 3 heterocycles. The molecule has 0 spiro atoms. The molecule has 1 N–H and O–H groups in total. The van der Waals surface area contributed by atoms with Crippen LogP contribution < -0.4 is 10.2 Å². The Kier molecular flexibility index (Phi) is 4.09. The van der Waals surface area contributed by atoms with Crippen molar-refractivity contribution in [3.05, 3.63) is 60.2 Å². The molecule has 0 saturated carbocycles. The van der Waals surface area contributed by atoms with Crippen molar-refractivity contribution in [3.8, 4) is 5.82 Å². The van der Waals surface area contributed by atoms with E-state index < -0.39 is 0 Å². The molecule has 0 amide bonds. The number of aryl methyl sites for hydroxylation is 2. The second-order valence-corrected chi connectivity index (χ2v) is 6.52. The van der Waals surface area contributed by atoms with E-state index in [0.717, 1.165) is 48.2 Å². The molecule has 1 aliphatic rings. The van der Waals surface area contributed by atoms with Crippen LogP contribution in [0.4, 0.5) is 11.5 Å². The van der Waals surface area contributed by atoms with Crippen LogP contribution in [-0.2, 0) is 0 Å². The zero-order valence-electron chi connectivity index (χ0n) is 14.6. The first-order valence-electron chi connectivity index (χ1n) is 8.61. The normalized spacial score (nSPS) is 17.0. The van der Waals surface area contributed by atoms with Crippen LogP contribution in [0.2, 0.25) is 0 Å². The van der Waals surface area contributed by atoms with Crippen LogP contribution in [0.1, 0.15) is 17.8 Å². The molecule has 1 atom stereocenters. The highest BCUT2D eigenvalue weighted by atomic mass is 15.3. The van der Waals surface area contributed by atoms with Gasteiger partial charge in [0.15, 0.2) is 5.82 Å². The predicted octanol–water partition coefficient (Wildman–Crippen LogP) is 2.97. The number of hydrogen-bond donors (Lipinski definition) is 1. The topological polar surface area (TPSA) is 58.9 Å². The average Bonchev–Trinajstić information content (AvgIpc) is 3.22. The van der Waals surface area contributed by atoms with E-state index in [0.29, 0.717) is 6.04 Å². The standard InChI is InChI=1S/C19H22N6/c1-14-10-15(2)25(23-14)19-12-20-11-18(22-19)24-9-8-17(13-24)21-16-6-4-3-5-7-16/h3-7,10-12,17,21H,8-9,13H2,1-2H3/t17-/m0/s1. The lowest BCUT2D eigenvalue weighted by atomic mass is 10.2. The van der Waals surface area contributed by atoms with E-state index >= 15 is 0 Å². The monoisotopic (exact) mass is 334 g/mol. The fraction of sp³-hybridized carbons (Fsp3) is 0.316. The summed E-state index contributed by atoms with van der Waals surface area (Å²) >= 11 is 0. The molecule has 6 nitrogen and oxygen atoms in total. The lowest BCUT2D eigenvalue weighted by Crippen LogP contribution is -2.27. The van der Waals surface area contributed by atoms with Crippen molar-refractivity contribution in [1.29, 1.82) is 0 Å². The number of nitrogens with zero attached hydrogens (tertiary/aromatic N) is 5. The summed E-state index contributed by atoms with van der Waals surface area (Å²) in [4.78, 5) is 11.4. The summed E-state index contributed by atoms with van der Waals surface area (Å²) in [6, 6.07) is 12.8. The van der Waals surface area contributed by atoms with Crippen molar-refractivity contribution in [1.82, 2.24) is 19.7 Å². The SMILES string of the molecule is Cc1cc(C)n(-c2cncc(N3CC[C@H](Nc4ccccc4)C3)n2)n1. The molecule has 3 aromatic rings. The fourth-order valence-corrected chi connectivity index (χ4v) is 3.32. The predicted molar refractivity (Wildman–Crippen MR) is 99.3 cm³/mol. The van der Waals surface area contributed by atoms with Crippen LogP contribution in [0.3, 0.4) is 0 Å². The number of hydrogen-bond acceptors (Lipinski definition) is 5. The average molecular weight is 334 g/mol. The summed E-state index contributed by atoms with van der Waals surface area (Å²) < 4.78 is 1.85. The van der Waals surface area contributed by atoms with Gasteiger partial charge in [-0.25, -0.2) is 9.67 Å². The number of aromatic nitrogens is 4. The molecule has 0 unspecified atom stereocenters.